The minimum atomic E-state index is -0.287. The topological polar surface area (TPSA) is 82.3 Å². The maximum Gasteiger partial charge on any atom is 0.319 e. The van der Waals surface area contributed by atoms with Crippen molar-refractivity contribution in [2.24, 2.45) is 0 Å². The molecule has 8 heteroatoms. The molecule has 122 valence electrons. The summed E-state index contributed by atoms with van der Waals surface area (Å²) in [6.07, 6.45) is 1.44. The minimum Gasteiger partial charge on any atom is -0.338 e. The van der Waals surface area contributed by atoms with Gasteiger partial charge in [0, 0.05) is 36.2 Å². The molecule has 0 unspecified atom stereocenters. The van der Waals surface area contributed by atoms with Crippen LogP contribution in [-0.2, 0) is 0 Å². The van der Waals surface area contributed by atoms with Gasteiger partial charge < -0.3 is 21.3 Å². The largest absolute Gasteiger partial charge is 0.338 e. The lowest BCUT2D eigenvalue weighted by atomic mass is 10.3. The maximum absolute atomic E-state index is 11.5. The van der Waals surface area contributed by atoms with E-state index in [9.17, 15) is 9.59 Å². The van der Waals surface area contributed by atoms with Crippen LogP contribution in [-0.4, -0.2) is 36.9 Å². The van der Waals surface area contributed by atoms with Crippen molar-refractivity contribution in [3.05, 3.63) is 24.3 Å². The van der Waals surface area contributed by atoms with E-state index in [0.717, 1.165) is 12.8 Å². The molecule has 0 saturated heterocycles. The lowest BCUT2D eigenvalue weighted by molar-refractivity contribution is 0.251. The summed E-state index contributed by atoms with van der Waals surface area (Å²) in [5.74, 6) is 1.02. The third-order valence-corrected chi connectivity index (χ3v) is 3.13. The lowest BCUT2D eigenvalue weighted by Crippen LogP contribution is -2.30. The van der Waals surface area contributed by atoms with Gasteiger partial charge in [-0.25, -0.2) is 9.59 Å². The molecule has 4 amide bonds. The van der Waals surface area contributed by atoms with Crippen molar-refractivity contribution < 1.29 is 9.59 Å². The Balaban J connectivity index is 2.36. The number of benzene rings is 1. The van der Waals surface area contributed by atoms with Gasteiger partial charge in [-0.2, -0.15) is 0 Å². The quantitative estimate of drug-likeness (QED) is 0.430. The zero-order chi connectivity index (χ0) is 16.2. The van der Waals surface area contributed by atoms with Crippen molar-refractivity contribution in [1.82, 2.24) is 10.6 Å². The first kappa shape index (κ1) is 18.4. The van der Waals surface area contributed by atoms with E-state index < -0.39 is 0 Å². The zero-order valence-electron chi connectivity index (χ0n) is 12.1. The molecule has 0 aliphatic carbocycles. The Labute approximate surface area is 139 Å². The van der Waals surface area contributed by atoms with Crippen LogP contribution in [0.5, 0.6) is 0 Å². The molecule has 0 bridgehead atoms. The fraction of sp³-hybridized carbons (Fsp3) is 0.429. The number of urea groups is 2. The van der Waals surface area contributed by atoms with Gasteiger partial charge in [0.05, 0.1) is 0 Å². The van der Waals surface area contributed by atoms with Crippen molar-refractivity contribution in [2.75, 3.05) is 35.5 Å². The second-order valence-corrected chi connectivity index (χ2v) is 5.18. The van der Waals surface area contributed by atoms with Gasteiger partial charge >= 0.3 is 12.1 Å². The van der Waals surface area contributed by atoms with Crippen molar-refractivity contribution >= 4 is 46.6 Å². The van der Waals surface area contributed by atoms with Gasteiger partial charge in [-0.15, -0.1) is 23.2 Å². The molecule has 1 aromatic rings. The van der Waals surface area contributed by atoms with E-state index in [1.165, 1.54) is 0 Å². The zero-order valence-corrected chi connectivity index (χ0v) is 13.6. The second kappa shape index (κ2) is 11.0. The van der Waals surface area contributed by atoms with E-state index in [2.05, 4.69) is 21.3 Å². The van der Waals surface area contributed by atoms with Crippen LogP contribution in [0.2, 0.25) is 0 Å². The Hall–Kier alpha value is -1.66. The van der Waals surface area contributed by atoms with E-state index in [4.69, 9.17) is 23.2 Å². The maximum atomic E-state index is 11.5. The molecular formula is C14H20Cl2N4O2. The molecule has 0 aliphatic rings. The van der Waals surface area contributed by atoms with E-state index >= 15 is 0 Å². The summed E-state index contributed by atoms with van der Waals surface area (Å²) < 4.78 is 0. The van der Waals surface area contributed by atoms with Gasteiger partial charge in [0.2, 0.25) is 0 Å². The summed E-state index contributed by atoms with van der Waals surface area (Å²) in [6, 6.07) is 6.24. The Kier molecular flexibility index (Phi) is 9.18. The highest BCUT2D eigenvalue weighted by molar-refractivity contribution is 6.18. The molecule has 0 aliphatic heterocycles. The lowest BCUT2D eigenvalue weighted by Gasteiger charge is -2.09. The Morgan fingerprint density at radius 1 is 0.773 bits per heavy atom. The molecular weight excluding hydrogens is 327 g/mol. The van der Waals surface area contributed by atoms with E-state index in [1.54, 1.807) is 24.3 Å². The molecule has 4 N–H and O–H groups in total. The molecule has 0 saturated carbocycles. The molecule has 0 radical (unpaired) electrons. The number of carbonyl (C=O) groups is 2. The third-order valence-electron chi connectivity index (χ3n) is 2.59. The number of halogens is 2. The van der Waals surface area contributed by atoms with E-state index in [-0.39, 0.29) is 12.1 Å². The van der Waals surface area contributed by atoms with Crippen molar-refractivity contribution in [1.29, 1.82) is 0 Å². The summed E-state index contributed by atoms with van der Waals surface area (Å²) in [4.78, 5) is 23.1. The summed E-state index contributed by atoms with van der Waals surface area (Å²) in [5.41, 5.74) is 1.27. The smallest absolute Gasteiger partial charge is 0.319 e. The van der Waals surface area contributed by atoms with Gasteiger partial charge in [-0.1, -0.05) is 0 Å². The number of carbonyl (C=O) groups excluding carboxylic acids is 2. The standard InChI is InChI=1S/C14H20Cl2N4O2/c15-7-1-9-17-13(21)19-11-3-5-12(6-4-11)20-14(22)18-10-2-8-16/h3-6H,1-2,7-10H2,(H2,17,19,21)(H2,18,20,22). The Morgan fingerprint density at radius 2 is 1.14 bits per heavy atom. The highest BCUT2D eigenvalue weighted by atomic mass is 35.5. The first-order valence-corrected chi connectivity index (χ1v) is 8.04. The van der Waals surface area contributed by atoms with E-state index in [0.29, 0.717) is 36.2 Å². The molecule has 0 spiro atoms. The Bertz CT molecular complexity index is 425. The fourth-order valence-electron chi connectivity index (χ4n) is 1.52. The van der Waals surface area contributed by atoms with Crippen LogP contribution in [0.4, 0.5) is 21.0 Å². The first-order valence-electron chi connectivity index (χ1n) is 6.97. The third kappa shape index (κ3) is 7.95. The van der Waals surface area contributed by atoms with Gasteiger partial charge in [0.1, 0.15) is 0 Å². The van der Waals surface area contributed by atoms with E-state index in [1.807, 2.05) is 0 Å². The number of nitrogens with one attached hydrogen (secondary N) is 4. The number of hydrogen-bond donors (Lipinski definition) is 4. The predicted octanol–water partition coefficient (Wildman–Crippen LogP) is 3.19. The van der Waals surface area contributed by atoms with Crippen LogP contribution in [0.3, 0.4) is 0 Å². The van der Waals surface area contributed by atoms with Crippen LogP contribution in [0.25, 0.3) is 0 Å². The van der Waals surface area contributed by atoms with Crippen LogP contribution in [0, 0.1) is 0 Å². The second-order valence-electron chi connectivity index (χ2n) is 4.42. The minimum absolute atomic E-state index is 0.287. The van der Waals surface area contributed by atoms with Crippen molar-refractivity contribution in [3.63, 3.8) is 0 Å². The number of rotatable bonds is 8. The summed E-state index contributed by atoms with van der Waals surface area (Å²) in [7, 11) is 0. The van der Waals surface area contributed by atoms with Crippen LogP contribution in [0.15, 0.2) is 24.3 Å². The molecule has 1 aromatic carbocycles. The van der Waals surface area contributed by atoms with Crippen molar-refractivity contribution in [3.8, 4) is 0 Å². The van der Waals surface area contributed by atoms with Crippen LogP contribution < -0.4 is 21.3 Å². The number of amides is 4. The SMILES string of the molecule is O=C(NCCCCl)Nc1ccc(NC(=O)NCCCCl)cc1. The molecule has 0 atom stereocenters. The monoisotopic (exact) mass is 346 g/mol. The summed E-state index contributed by atoms with van der Waals surface area (Å²) in [5, 5.41) is 10.7. The predicted molar refractivity (Wildman–Crippen MR) is 91.2 cm³/mol. The normalized spacial score (nSPS) is 9.91. The van der Waals surface area contributed by atoms with Gasteiger partial charge in [0.15, 0.2) is 0 Å². The molecule has 0 fully saturated rings. The summed E-state index contributed by atoms with van der Waals surface area (Å²) >= 11 is 11.1. The summed E-state index contributed by atoms with van der Waals surface area (Å²) in [6.45, 7) is 1.05. The average molecular weight is 347 g/mol. The highest BCUT2D eigenvalue weighted by Crippen LogP contribution is 2.13. The molecule has 6 nitrogen and oxygen atoms in total. The number of hydrogen-bond acceptors (Lipinski definition) is 2. The average Bonchev–Trinajstić information content (AvgIpc) is 2.50. The van der Waals surface area contributed by atoms with Gasteiger partial charge in [-0.3, -0.25) is 0 Å². The Morgan fingerprint density at radius 3 is 1.45 bits per heavy atom. The van der Waals surface area contributed by atoms with Crippen molar-refractivity contribution in [2.45, 2.75) is 12.8 Å². The first-order chi connectivity index (χ1) is 10.7. The van der Waals surface area contributed by atoms with Gasteiger partial charge in [0.25, 0.3) is 0 Å². The number of alkyl halides is 2. The molecule has 0 heterocycles. The highest BCUT2D eigenvalue weighted by Gasteiger charge is 2.03. The number of anilines is 2. The molecule has 22 heavy (non-hydrogen) atoms. The van der Waals surface area contributed by atoms with Crippen LogP contribution in [0.1, 0.15) is 12.8 Å². The van der Waals surface area contributed by atoms with Gasteiger partial charge in [-0.05, 0) is 37.1 Å². The van der Waals surface area contributed by atoms with Crippen LogP contribution >= 0.6 is 23.2 Å². The molecule has 1 rings (SSSR count). The fourth-order valence-corrected chi connectivity index (χ4v) is 1.79. The molecule has 0 aromatic heterocycles.